The Hall–Kier alpha value is -1.55. The molecule has 2 aromatic rings. The third-order valence-electron chi connectivity index (χ3n) is 4.75. The summed E-state index contributed by atoms with van der Waals surface area (Å²) in [5.74, 6) is -3.84. The Balaban J connectivity index is 1.93. The Morgan fingerprint density at radius 2 is 1.69 bits per heavy atom. The minimum absolute atomic E-state index is 0.0480. The van der Waals surface area contributed by atoms with E-state index < -0.39 is 56.3 Å². The van der Waals surface area contributed by atoms with Gasteiger partial charge in [-0.2, -0.15) is 0 Å². The molecule has 1 fully saturated rings. The second kappa shape index (κ2) is 7.94. The lowest BCUT2D eigenvalue weighted by molar-refractivity contribution is -0.103. The van der Waals surface area contributed by atoms with Crippen LogP contribution in [0.4, 0.5) is 8.78 Å². The van der Waals surface area contributed by atoms with Crippen molar-refractivity contribution in [2.24, 2.45) is 5.92 Å². The number of halogens is 3. The van der Waals surface area contributed by atoms with Crippen LogP contribution in [0.15, 0.2) is 53.4 Å². The van der Waals surface area contributed by atoms with Gasteiger partial charge in [0.2, 0.25) is 15.9 Å². The number of sulfonamides is 1. The van der Waals surface area contributed by atoms with Gasteiger partial charge in [-0.15, -0.1) is 0 Å². The molecule has 1 atom stereocenters. The summed E-state index contributed by atoms with van der Waals surface area (Å²) in [5.41, 5.74) is 0.959. The molecule has 10 heteroatoms. The smallest absolute Gasteiger partial charge is 0.224 e. The van der Waals surface area contributed by atoms with E-state index in [0.717, 1.165) is 6.26 Å². The molecule has 1 N–H and O–H groups in total. The SMILES string of the molecule is CS(=O)(=O)c1cccc(C(NS(=O)(=O)CC2CC(F)(F)C2)c2ccc(Cl)cc2)c1. The van der Waals surface area contributed by atoms with Crippen LogP contribution < -0.4 is 4.72 Å². The summed E-state index contributed by atoms with van der Waals surface area (Å²) in [4.78, 5) is 0.0480. The van der Waals surface area contributed by atoms with E-state index in [9.17, 15) is 25.6 Å². The standard InChI is InChI=1S/C19H20ClF2NO4S2/c1-28(24,25)17-4-2-3-15(9-17)18(14-5-7-16(20)8-6-14)23-29(26,27)12-13-10-19(21,22)11-13/h2-9,13,18,23H,10-12H2,1H3. The molecule has 0 spiro atoms. The Bertz CT molecular complexity index is 1100. The number of benzene rings is 2. The molecule has 0 heterocycles. The molecule has 29 heavy (non-hydrogen) atoms. The highest BCUT2D eigenvalue weighted by atomic mass is 35.5. The lowest BCUT2D eigenvalue weighted by Gasteiger charge is -2.35. The van der Waals surface area contributed by atoms with Crippen molar-refractivity contribution >= 4 is 31.5 Å². The molecule has 0 amide bonds. The molecule has 5 nitrogen and oxygen atoms in total. The van der Waals surface area contributed by atoms with Crippen LogP contribution in [0.5, 0.6) is 0 Å². The van der Waals surface area contributed by atoms with Crippen molar-refractivity contribution in [2.75, 3.05) is 12.0 Å². The first-order valence-corrected chi connectivity index (χ1v) is 12.7. The first kappa shape index (κ1) is 22.1. The van der Waals surface area contributed by atoms with Crippen molar-refractivity contribution in [1.29, 1.82) is 0 Å². The quantitative estimate of drug-likeness (QED) is 0.677. The number of rotatable bonds is 7. The molecule has 158 valence electrons. The zero-order valence-corrected chi connectivity index (χ0v) is 17.9. The van der Waals surface area contributed by atoms with Gasteiger partial charge < -0.3 is 0 Å². The second-order valence-corrected chi connectivity index (χ2v) is 11.6. The molecule has 3 rings (SSSR count). The van der Waals surface area contributed by atoms with Gasteiger partial charge in [0.05, 0.1) is 16.7 Å². The number of alkyl halides is 2. The van der Waals surface area contributed by atoms with Crippen LogP contribution >= 0.6 is 11.6 Å². The van der Waals surface area contributed by atoms with E-state index in [1.165, 1.54) is 18.2 Å². The van der Waals surface area contributed by atoms with Crippen LogP contribution in [0, 0.1) is 5.92 Å². The third kappa shape index (κ3) is 5.75. The highest BCUT2D eigenvalue weighted by Crippen LogP contribution is 2.43. The van der Waals surface area contributed by atoms with Crippen molar-refractivity contribution in [3.63, 3.8) is 0 Å². The van der Waals surface area contributed by atoms with Gasteiger partial charge in [0.15, 0.2) is 9.84 Å². The first-order valence-electron chi connectivity index (χ1n) is 8.78. The number of nitrogens with one attached hydrogen (secondary N) is 1. The summed E-state index contributed by atoms with van der Waals surface area (Å²) in [6.45, 7) is 0. The molecule has 1 unspecified atom stereocenters. The Morgan fingerprint density at radius 1 is 1.07 bits per heavy atom. The normalized spacial score (nSPS) is 18.2. The average Bonchev–Trinajstić information content (AvgIpc) is 2.58. The minimum Gasteiger partial charge on any atom is -0.224 e. The first-order chi connectivity index (χ1) is 13.3. The van der Waals surface area contributed by atoms with Gasteiger partial charge in [-0.25, -0.2) is 30.3 Å². The maximum atomic E-state index is 13.1. The van der Waals surface area contributed by atoms with Gasteiger partial charge in [-0.3, -0.25) is 0 Å². The fourth-order valence-corrected chi connectivity index (χ4v) is 5.73. The van der Waals surface area contributed by atoms with Gasteiger partial charge >= 0.3 is 0 Å². The van der Waals surface area contributed by atoms with E-state index in [-0.39, 0.29) is 4.90 Å². The molecular weight excluding hydrogens is 444 g/mol. The predicted octanol–water partition coefficient (Wildman–Crippen LogP) is 3.80. The van der Waals surface area contributed by atoms with Gasteiger partial charge in [0.25, 0.3) is 0 Å². The van der Waals surface area contributed by atoms with E-state index in [0.29, 0.717) is 16.1 Å². The third-order valence-corrected chi connectivity index (χ3v) is 7.62. The topological polar surface area (TPSA) is 80.3 Å². The van der Waals surface area contributed by atoms with E-state index in [4.69, 9.17) is 11.6 Å². The fraction of sp³-hybridized carbons (Fsp3) is 0.368. The molecule has 1 saturated carbocycles. The molecule has 0 bridgehead atoms. The van der Waals surface area contributed by atoms with Crippen molar-refractivity contribution in [3.05, 3.63) is 64.7 Å². The van der Waals surface area contributed by atoms with E-state index in [2.05, 4.69) is 4.72 Å². The molecule has 0 aliphatic heterocycles. The zero-order chi connectivity index (χ0) is 21.4. The molecule has 2 aromatic carbocycles. The number of sulfone groups is 1. The van der Waals surface area contributed by atoms with Gasteiger partial charge in [-0.1, -0.05) is 35.9 Å². The predicted molar refractivity (Wildman–Crippen MR) is 107 cm³/mol. The number of hydrogen-bond acceptors (Lipinski definition) is 4. The Morgan fingerprint density at radius 3 is 2.24 bits per heavy atom. The fourth-order valence-electron chi connectivity index (χ4n) is 3.35. The van der Waals surface area contributed by atoms with Gasteiger partial charge in [-0.05, 0) is 41.3 Å². The summed E-state index contributed by atoms with van der Waals surface area (Å²) < 4.78 is 77.8. The molecule has 0 aromatic heterocycles. The van der Waals surface area contributed by atoms with Crippen molar-refractivity contribution in [3.8, 4) is 0 Å². The Labute approximate surface area is 174 Å². The van der Waals surface area contributed by atoms with Gasteiger partial charge in [0, 0.05) is 24.1 Å². The summed E-state index contributed by atoms with van der Waals surface area (Å²) in [6, 6.07) is 11.5. The molecule has 0 radical (unpaired) electrons. The Kier molecular flexibility index (Phi) is 6.06. The van der Waals surface area contributed by atoms with Crippen molar-refractivity contribution in [1.82, 2.24) is 4.72 Å². The minimum atomic E-state index is -3.91. The summed E-state index contributed by atoms with van der Waals surface area (Å²) >= 11 is 5.91. The van der Waals surface area contributed by atoms with Crippen LogP contribution in [0.25, 0.3) is 0 Å². The highest BCUT2D eigenvalue weighted by Gasteiger charge is 2.46. The molecule has 1 aliphatic rings. The van der Waals surface area contributed by atoms with Gasteiger partial charge in [0.1, 0.15) is 0 Å². The van der Waals surface area contributed by atoms with E-state index in [1.54, 1.807) is 30.3 Å². The number of hydrogen-bond donors (Lipinski definition) is 1. The summed E-state index contributed by atoms with van der Waals surface area (Å²) in [7, 11) is -7.41. The maximum Gasteiger partial charge on any atom is 0.248 e. The lowest BCUT2D eigenvalue weighted by atomic mass is 9.83. The summed E-state index contributed by atoms with van der Waals surface area (Å²) in [5, 5.41) is 0.456. The van der Waals surface area contributed by atoms with Crippen LogP contribution in [-0.2, 0) is 19.9 Å². The lowest BCUT2D eigenvalue weighted by Crippen LogP contribution is -2.42. The van der Waals surface area contributed by atoms with Crippen LogP contribution in [0.3, 0.4) is 0 Å². The molecule has 1 aliphatic carbocycles. The zero-order valence-electron chi connectivity index (χ0n) is 15.5. The van der Waals surface area contributed by atoms with Crippen molar-refractivity contribution < 1.29 is 25.6 Å². The molecule has 0 saturated heterocycles. The van der Waals surface area contributed by atoms with Crippen molar-refractivity contribution in [2.45, 2.75) is 29.7 Å². The average molecular weight is 464 g/mol. The monoisotopic (exact) mass is 463 g/mol. The maximum absolute atomic E-state index is 13.1. The largest absolute Gasteiger partial charge is 0.248 e. The van der Waals surface area contributed by atoms with Crippen LogP contribution in [0.1, 0.15) is 30.0 Å². The van der Waals surface area contributed by atoms with Crippen LogP contribution in [-0.4, -0.2) is 34.8 Å². The molecular formula is C19H20ClF2NO4S2. The van der Waals surface area contributed by atoms with Crippen LogP contribution in [0.2, 0.25) is 5.02 Å². The van der Waals surface area contributed by atoms with E-state index in [1.807, 2.05) is 0 Å². The highest BCUT2D eigenvalue weighted by molar-refractivity contribution is 7.90. The second-order valence-electron chi connectivity index (χ2n) is 7.36. The van der Waals surface area contributed by atoms with E-state index >= 15 is 0 Å². The summed E-state index contributed by atoms with van der Waals surface area (Å²) in [6.07, 6.45) is 0.149.